The average molecular weight is 271 g/mol. The van der Waals surface area contributed by atoms with Gasteiger partial charge in [0.15, 0.2) is 0 Å². The second kappa shape index (κ2) is 4.51. The monoisotopic (exact) mass is 271 g/mol. The molecule has 19 heavy (non-hydrogen) atoms. The van der Waals surface area contributed by atoms with Gasteiger partial charge in [0.25, 0.3) is 0 Å². The first-order valence-corrected chi connectivity index (χ1v) is 6.76. The lowest BCUT2D eigenvalue weighted by molar-refractivity contribution is 0.468. The largest absolute Gasteiger partial charge is 0.438 e. The van der Waals surface area contributed by atoms with Gasteiger partial charge in [-0.3, -0.25) is 0 Å². The number of nitrogens with zero attached hydrogens (tertiary/aromatic N) is 2. The molecule has 0 atom stereocenters. The van der Waals surface area contributed by atoms with Crippen LogP contribution in [0, 0.1) is 13.8 Å². The zero-order chi connectivity index (χ0) is 13.4. The van der Waals surface area contributed by atoms with Gasteiger partial charge in [0, 0.05) is 0 Å². The van der Waals surface area contributed by atoms with Gasteiger partial charge >= 0.3 is 0 Å². The van der Waals surface area contributed by atoms with Crippen LogP contribution in [0.4, 0.5) is 5.95 Å². The number of hydrogen-bond donors (Lipinski definition) is 1. The summed E-state index contributed by atoms with van der Waals surface area (Å²) in [6.45, 7) is 4.07. The van der Waals surface area contributed by atoms with Crippen LogP contribution in [0.3, 0.4) is 0 Å². The maximum absolute atomic E-state index is 5.87. The van der Waals surface area contributed by atoms with E-state index in [0.717, 1.165) is 27.1 Å². The molecule has 0 saturated heterocycles. The second-order valence-electron chi connectivity index (χ2n) is 4.45. The van der Waals surface area contributed by atoms with Gasteiger partial charge in [0.2, 0.25) is 11.8 Å². The van der Waals surface area contributed by atoms with Gasteiger partial charge in [0.05, 0.1) is 5.39 Å². The number of rotatable bonds is 2. The fourth-order valence-electron chi connectivity index (χ4n) is 2.03. The van der Waals surface area contributed by atoms with Crippen LogP contribution in [-0.2, 0) is 0 Å². The van der Waals surface area contributed by atoms with Crippen LogP contribution in [0.15, 0.2) is 29.6 Å². The van der Waals surface area contributed by atoms with E-state index in [1.807, 2.05) is 37.4 Å². The van der Waals surface area contributed by atoms with Gasteiger partial charge in [-0.05, 0) is 48.6 Å². The van der Waals surface area contributed by atoms with Gasteiger partial charge < -0.3 is 10.5 Å². The van der Waals surface area contributed by atoms with E-state index in [-0.39, 0.29) is 5.95 Å². The fourth-order valence-corrected chi connectivity index (χ4v) is 2.79. The van der Waals surface area contributed by atoms with Crippen molar-refractivity contribution in [3.63, 3.8) is 0 Å². The molecule has 0 aliphatic heterocycles. The number of hydrogen-bond acceptors (Lipinski definition) is 5. The maximum atomic E-state index is 5.87. The highest BCUT2D eigenvalue weighted by atomic mass is 32.1. The second-order valence-corrected chi connectivity index (χ2v) is 5.35. The number of nitrogen functional groups attached to an aromatic ring is 1. The molecule has 0 bridgehead atoms. The summed E-state index contributed by atoms with van der Waals surface area (Å²) in [5.41, 5.74) is 8.00. The lowest BCUT2D eigenvalue weighted by Gasteiger charge is -2.08. The van der Waals surface area contributed by atoms with E-state index in [9.17, 15) is 0 Å². The van der Waals surface area contributed by atoms with Crippen LogP contribution in [0.25, 0.3) is 10.2 Å². The Bertz CT molecular complexity index is 731. The molecule has 3 aromatic rings. The van der Waals surface area contributed by atoms with Gasteiger partial charge in [-0.2, -0.15) is 4.98 Å². The molecule has 2 aromatic heterocycles. The molecule has 4 nitrogen and oxygen atoms in total. The van der Waals surface area contributed by atoms with Gasteiger partial charge in [0.1, 0.15) is 10.6 Å². The van der Waals surface area contributed by atoms with E-state index in [4.69, 9.17) is 10.5 Å². The van der Waals surface area contributed by atoms with Crippen molar-refractivity contribution in [2.75, 3.05) is 5.73 Å². The summed E-state index contributed by atoms with van der Waals surface area (Å²) in [7, 11) is 0. The van der Waals surface area contributed by atoms with Crippen molar-refractivity contribution in [2.24, 2.45) is 0 Å². The first kappa shape index (κ1) is 11.9. The standard InChI is InChI=1S/C14H13N3OS/c1-8-5-9(2)7-10(6-8)18-12-11-3-4-19-13(11)17-14(15)16-12/h3-7H,1-2H3,(H2,15,16,17). The summed E-state index contributed by atoms with van der Waals surface area (Å²) in [6, 6.07) is 7.99. The number of benzene rings is 1. The summed E-state index contributed by atoms with van der Waals surface area (Å²) in [4.78, 5) is 9.20. The minimum atomic E-state index is 0.231. The lowest BCUT2D eigenvalue weighted by Crippen LogP contribution is -1.97. The van der Waals surface area contributed by atoms with Gasteiger partial charge in [-0.1, -0.05) is 6.07 Å². The Kier molecular flexibility index (Phi) is 2.83. The number of ether oxygens (including phenoxy) is 1. The number of aryl methyl sites for hydroxylation is 2. The Morgan fingerprint density at radius 1 is 1.11 bits per heavy atom. The molecule has 96 valence electrons. The highest BCUT2D eigenvalue weighted by Gasteiger charge is 2.10. The molecule has 0 fully saturated rings. The number of fused-ring (bicyclic) bond motifs is 1. The Labute approximate surface area is 114 Å². The fraction of sp³-hybridized carbons (Fsp3) is 0.143. The van der Waals surface area contributed by atoms with Crippen LogP contribution in [0.2, 0.25) is 0 Å². The number of nitrogens with two attached hydrogens (primary N) is 1. The zero-order valence-corrected chi connectivity index (χ0v) is 11.5. The van der Waals surface area contributed by atoms with Crippen molar-refractivity contribution in [3.8, 4) is 11.6 Å². The van der Waals surface area contributed by atoms with Crippen molar-refractivity contribution < 1.29 is 4.74 Å². The van der Waals surface area contributed by atoms with Crippen molar-refractivity contribution >= 4 is 27.5 Å². The van der Waals surface area contributed by atoms with Crippen LogP contribution < -0.4 is 10.5 Å². The zero-order valence-electron chi connectivity index (χ0n) is 10.7. The normalized spacial score (nSPS) is 10.8. The Balaban J connectivity index is 2.07. The molecule has 0 unspecified atom stereocenters. The molecule has 0 amide bonds. The summed E-state index contributed by atoms with van der Waals surface area (Å²) in [5, 5.41) is 2.84. The molecule has 2 N–H and O–H groups in total. The van der Waals surface area contributed by atoms with Crippen molar-refractivity contribution in [1.29, 1.82) is 0 Å². The number of aromatic nitrogens is 2. The summed E-state index contributed by atoms with van der Waals surface area (Å²) < 4.78 is 5.87. The van der Waals surface area contributed by atoms with E-state index in [2.05, 4.69) is 16.0 Å². The molecule has 3 rings (SSSR count). The summed E-state index contributed by atoms with van der Waals surface area (Å²) in [6.07, 6.45) is 0. The van der Waals surface area contributed by atoms with Crippen molar-refractivity contribution in [1.82, 2.24) is 9.97 Å². The Morgan fingerprint density at radius 3 is 2.58 bits per heavy atom. The van der Waals surface area contributed by atoms with Crippen LogP contribution in [-0.4, -0.2) is 9.97 Å². The van der Waals surface area contributed by atoms with Crippen molar-refractivity contribution in [3.05, 3.63) is 40.8 Å². The molecule has 0 radical (unpaired) electrons. The molecular formula is C14H13N3OS. The minimum Gasteiger partial charge on any atom is -0.438 e. The minimum absolute atomic E-state index is 0.231. The van der Waals surface area contributed by atoms with E-state index >= 15 is 0 Å². The third kappa shape index (κ3) is 2.37. The first-order valence-electron chi connectivity index (χ1n) is 5.89. The van der Waals surface area contributed by atoms with E-state index < -0.39 is 0 Å². The Hall–Kier alpha value is -2.14. The Morgan fingerprint density at radius 2 is 1.84 bits per heavy atom. The molecule has 0 aliphatic rings. The number of anilines is 1. The van der Waals surface area contributed by atoms with E-state index in [1.54, 1.807) is 0 Å². The highest BCUT2D eigenvalue weighted by molar-refractivity contribution is 7.16. The number of thiophene rings is 1. The molecule has 2 heterocycles. The third-order valence-corrected chi connectivity index (χ3v) is 3.52. The average Bonchev–Trinajstić information content (AvgIpc) is 2.75. The van der Waals surface area contributed by atoms with Gasteiger partial charge in [-0.15, -0.1) is 11.3 Å². The smallest absolute Gasteiger partial charge is 0.232 e. The molecule has 1 aromatic carbocycles. The first-order chi connectivity index (χ1) is 9.11. The molecule has 5 heteroatoms. The van der Waals surface area contributed by atoms with E-state index in [1.165, 1.54) is 11.3 Å². The quantitative estimate of drug-likeness (QED) is 0.772. The van der Waals surface area contributed by atoms with Gasteiger partial charge in [-0.25, -0.2) is 4.98 Å². The van der Waals surface area contributed by atoms with E-state index in [0.29, 0.717) is 5.88 Å². The SMILES string of the molecule is Cc1cc(C)cc(Oc2nc(N)nc3sccc23)c1. The molecule has 0 spiro atoms. The third-order valence-electron chi connectivity index (χ3n) is 2.72. The molecular weight excluding hydrogens is 258 g/mol. The van der Waals surface area contributed by atoms with Crippen LogP contribution in [0.5, 0.6) is 11.6 Å². The molecule has 0 aliphatic carbocycles. The van der Waals surface area contributed by atoms with Crippen molar-refractivity contribution in [2.45, 2.75) is 13.8 Å². The predicted octanol–water partition coefficient (Wildman–Crippen LogP) is 3.68. The van der Waals surface area contributed by atoms with Crippen LogP contribution in [0.1, 0.15) is 11.1 Å². The predicted molar refractivity (Wildman–Crippen MR) is 77.8 cm³/mol. The molecule has 0 saturated carbocycles. The maximum Gasteiger partial charge on any atom is 0.232 e. The van der Waals surface area contributed by atoms with Crippen LogP contribution >= 0.6 is 11.3 Å². The highest BCUT2D eigenvalue weighted by Crippen LogP contribution is 2.31. The topological polar surface area (TPSA) is 61.0 Å². The summed E-state index contributed by atoms with van der Waals surface area (Å²) >= 11 is 1.52. The summed E-state index contributed by atoms with van der Waals surface area (Å²) in [5.74, 6) is 1.51. The lowest BCUT2D eigenvalue weighted by atomic mass is 10.1.